The molecule has 0 amide bonds. The lowest BCUT2D eigenvalue weighted by Crippen LogP contribution is -2.12. The Balaban J connectivity index is 1.88. The standard InChI is InChI=1S/C24H20F3N3O2/c1-14-8-16(6-7-17(14)13-31)21-11-29-24-20(28-12-23(26)27)10-22(15(2)30(21)24)32-19-5-3-4-18(25)9-19/h3-11,13,23,28H,12H2,1-2H3. The summed E-state index contributed by atoms with van der Waals surface area (Å²) in [6, 6.07) is 12.6. The van der Waals surface area contributed by atoms with Gasteiger partial charge in [-0.3, -0.25) is 9.20 Å². The second-order valence-corrected chi connectivity index (χ2v) is 7.33. The number of aryl methyl sites for hydroxylation is 2. The molecule has 0 aliphatic carbocycles. The minimum atomic E-state index is -2.56. The van der Waals surface area contributed by atoms with E-state index in [2.05, 4.69) is 10.3 Å². The summed E-state index contributed by atoms with van der Waals surface area (Å²) >= 11 is 0. The van der Waals surface area contributed by atoms with Crippen molar-refractivity contribution in [2.24, 2.45) is 0 Å². The number of carbonyl (C=O) groups is 1. The summed E-state index contributed by atoms with van der Waals surface area (Å²) in [5, 5.41) is 2.71. The number of halogens is 3. The number of nitrogens with zero attached hydrogens (tertiary/aromatic N) is 2. The summed E-state index contributed by atoms with van der Waals surface area (Å²) in [6.07, 6.45) is -0.134. The van der Waals surface area contributed by atoms with Gasteiger partial charge in [0.1, 0.15) is 23.6 Å². The molecule has 0 fully saturated rings. The number of imidazole rings is 1. The molecule has 0 aliphatic heterocycles. The Labute approximate surface area is 182 Å². The van der Waals surface area contributed by atoms with E-state index in [-0.39, 0.29) is 5.75 Å². The van der Waals surface area contributed by atoms with Crippen LogP contribution >= 0.6 is 0 Å². The Kier molecular flexibility index (Phi) is 5.85. The number of carbonyl (C=O) groups excluding carboxylic acids is 1. The van der Waals surface area contributed by atoms with Gasteiger partial charge in [0.15, 0.2) is 5.65 Å². The lowest BCUT2D eigenvalue weighted by atomic mass is 10.0. The van der Waals surface area contributed by atoms with E-state index in [0.717, 1.165) is 17.4 Å². The van der Waals surface area contributed by atoms with E-state index in [1.807, 2.05) is 13.0 Å². The predicted octanol–water partition coefficient (Wildman–Crippen LogP) is 6.04. The molecule has 2 aromatic carbocycles. The first-order valence-corrected chi connectivity index (χ1v) is 9.90. The fourth-order valence-corrected chi connectivity index (χ4v) is 3.54. The molecule has 4 aromatic rings. The van der Waals surface area contributed by atoms with Crippen LogP contribution in [-0.4, -0.2) is 28.6 Å². The van der Waals surface area contributed by atoms with E-state index in [1.165, 1.54) is 18.2 Å². The number of fused-ring (bicyclic) bond motifs is 1. The molecular weight excluding hydrogens is 419 g/mol. The number of alkyl halides is 2. The normalized spacial score (nSPS) is 11.2. The number of nitrogens with one attached hydrogen (secondary N) is 1. The summed E-state index contributed by atoms with van der Waals surface area (Å²) in [7, 11) is 0. The number of pyridine rings is 1. The third kappa shape index (κ3) is 4.16. The number of hydrogen-bond donors (Lipinski definition) is 1. The topological polar surface area (TPSA) is 55.6 Å². The van der Waals surface area contributed by atoms with Crippen LogP contribution in [0.3, 0.4) is 0 Å². The maximum Gasteiger partial charge on any atom is 0.255 e. The van der Waals surface area contributed by atoms with E-state index in [4.69, 9.17) is 4.74 Å². The molecule has 1 N–H and O–H groups in total. The number of anilines is 1. The third-order valence-corrected chi connectivity index (χ3v) is 5.13. The first-order valence-electron chi connectivity index (χ1n) is 9.90. The molecule has 0 saturated carbocycles. The quantitative estimate of drug-likeness (QED) is 0.357. The highest BCUT2D eigenvalue weighted by molar-refractivity contribution is 5.81. The Morgan fingerprint density at radius 1 is 1.16 bits per heavy atom. The van der Waals surface area contributed by atoms with Gasteiger partial charge in [-0.1, -0.05) is 18.2 Å². The zero-order valence-electron chi connectivity index (χ0n) is 17.4. The minimum absolute atomic E-state index is 0.278. The number of rotatable bonds is 7. The number of hydrogen-bond acceptors (Lipinski definition) is 4. The number of benzene rings is 2. The van der Waals surface area contributed by atoms with Crippen LogP contribution in [0.25, 0.3) is 16.9 Å². The molecular formula is C24H20F3N3O2. The van der Waals surface area contributed by atoms with Crippen LogP contribution in [0.5, 0.6) is 11.5 Å². The maximum atomic E-state index is 13.6. The summed E-state index contributed by atoms with van der Waals surface area (Å²) < 4.78 is 47.1. The van der Waals surface area contributed by atoms with Gasteiger partial charge in [0, 0.05) is 23.3 Å². The Morgan fingerprint density at radius 2 is 1.97 bits per heavy atom. The average molecular weight is 439 g/mol. The number of aromatic nitrogens is 2. The highest BCUT2D eigenvalue weighted by atomic mass is 19.3. The van der Waals surface area contributed by atoms with Gasteiger partial charge in [0.25, 0.3) is 6.43 Å². The van der Waals surface area contributed by atoms with Gasteiger partial charge in [-0.2, -0.15) is 0 Å². The highest BCUT2D eigenvalue weighted by Crippen LogP contribution is 2.35. The fraction of sp³-hybridized carbons (Fsp3) is 0.167. The molecule has 0 radical (unpaired) electrons. The largest absolute Gasteiger partial charge is 0.455 e. The van der Waals surface area contributed by atoms with Gasteiger partial charge in [0.2, 0.25) is 0 Å². The van der Waals surface area contributed by atoms with Crippen molar-refractivity contribution in [1.82, 2.24) is 9.38 Å². The van der Waals surface area contributed by atoms with Crippen molar-refractivity contribution in [3.63, 3.8) is 0 Å². The molecule has 4 rings (SSSR count). The summed E-state index contributed by atoms with van der Waals surface area (Å²) in [5.74, 6) is 0.187. The second-order valence-electron chi connectivity index (χ2n) is 7.33. The van der Waals surface area contributed by atoms with Gasteiger partial charge in [0.05, 0.1) is 29.8 Å². The van der Waals surface area contributed by atoms with Gasteiger partial charge in [-0.05, 0) is 37.6 Å². The van der Waals surface area contributed by atoms with Crippen LogP contribution in [0, 0.1) is 19.7 Å². The van der Waals surface area contributed by atoms with Crippen molar-refractivity contribution in [1.29, 1.82) is 0 Å². The van der Waals surface area contributed by atoms with Crippen LogP contribution < -0.4 is 10.1 Å². The van der Waals surface area contributed by atoms with Crippen molar-refractivity contribution in [2.45, 2.75) is 20.3 Å². The fourth-order valence-electron chi connectivity index (χ4n) is 3.54. The zero-order valence-corrected chi connectivity index (χ0v) is 17.4. The zero-order chi connectivity index (χ0) is 22.8. The SMILES string of the molecule is Cc1cc(-c2cnc3c(NCC(F)F)cc(Oc4cccc(F)c4)c(C)n23)ccc1C=O. The molecule has 0 bridgehead atoms. The van der Waals surface area contributed by atoms with Gasteiger partial charge >= 0.3 is 0 Å². The lowest BCUT2D eigenvalue weighted by molar-refractivity contribution is 0.112. The van der Waals surface area contributed by atoms with Crippen LogP contribution in [0.1, 0.15) is 21.6 Å². The second kappa shape index (κ2) is 8.74. The molecule has 2 aromatic heterocycles. The smallest absolute Gasteiger partial charge is 0.255 e. The van der Waals surface area contributed by atoms with Crippen LogP contribution in [0.4, 0.5) is 18.9 Å². The first-order chi connectivity index (χ1) is 15.4. The van der Waals surface area contributed by atoms with Crippen molar-refractivity contribution in [3.05, 3.63) is 77.4 Å². The van der Waals surface area contributed by atoms with Gasteiger partial charge in [-0.25, -0.2) is 18.2 Å². The predicted molar refractivity (Wildman–Crippen MR) is 116 cm³/mol. The molecule has 0 unspecified atom stereocenters. The Morgan fingerprint density at radius 3 is 2.66 bits per heavy atom. The molecule has 0 atom stereocenters. The van der Waals surface area contributed by atoms with E-state index >= 15 is 0 Å². The van der Waals surface area contributed by atoms with Crippen molar-refractivity contribution >= 4 is 17.6 Å². The summed E-state index contributed by atoms with van der Waals surface area (Å²) in [4.78, 5) is 15.6. The number of ether oxygens (including phenoxy) is 1. The molecule has 164 valence electrons. The van der Waals surface area contributed by atoms with Crippen LogP contribution in [0.15, 0.2) is 54.7 Å². The van der Waals surface area contributed by atoms with Crippen LogP contribution in [0.2, 0.25) is 0 Å². The maximum absolute atomic E-state index is 13.6. The summed E-state index contributed by atoms with van der Waals surface area (Å²) in [5.41, 5.74) is 4.32. The van der Waals surface area contributed by atoms with Crippen molar-refractivity contribution in [3.8, 4) is 22.8 Å². The monoisotopic (exact) mass is 439 g/mol. The van der Waals surface area contributed by atoms with Crippen molar-refractivity contribution in [2.75, 3.05) is 11.9 Å². The van der Waals surface area contributed by atoms with E-state index in [0.29, 0.717) is 34.0 Å². The third-order valence-electron chi connectivity index (χ3n) is 5.13. The molecule has 5 nitrogen and oxygen atoms in total. The molecule has 32 heavy (non-hydrogen) atoms. The molecule has 0 spiro atoms. The average Bonchev–Trinajstić information content (AvgIpc) is 3.20. The Bertz CT molecular complexity index is 1300. The Hall–Kier alpha value is -3.81. The highest BCUT2D eigenvalue weighted by Gasteiger charge is 2.18. The first kappa shape index (κ1) is 21.4. The van der Waals surface area contributed by atoms with E-state index < -0.39 is 18.8 Å². The molecule has 0 aliphatic rings. The van der Waals surface area contributed by atoms with E-state index in [1.54, 1.807) is 41.8 Å². The molecule has 2 heterocycles. The van der Waals surface area contributed by atoms with Gasteiger partial charge in [-0.15, -0.1) is 0 Å². The molecule has 0 saturated heterocycles. The van der Waals surface area contributed by atoms with Crippen LogP contribution in [-0.2, 0) is 0 Å². The number of aldehydes is 1. The minimum Gasteiger partial charge on any atom is -0.455 e. The summed E-state index contributed by atoms with van der Waals surface area (Å²) in [6.45, 7) is 3.07. The van der Waals surface area contributed by atoms with Crippen molar-refractivity contribution < 1.29 is 22.7 Å². The molecule has 8 heteroatoms. The lowest BCUT2D eigenvalue weighted by Gasteiger charge is -2.16. The van der Waals surface area contributed by atoms with Gasteiger partial charge < -0.3 is 10.1 Å². The van der Waals surface area contributed by atoms with E-state index in [9.17, 15) is 18.0 Å².